The van der Waals surface area contributed by atoms with Gasteiger partial charge in [0.25, 0.3) is 0 Å². The van der Waals surface area contributed by atoms with Crippen LogP contribution in [0.2, 0.25) is 0 Å². The molecular weight excluding hydrogens is 400 g/mol. The molecule has 1 amide bonds. The molecule has 0 unspecified atom stereocenters. The van der Waals surface area contributed by atoms with E-state index in [0.29, 0.717) is 25.8 Å². The summed E-state index contributed by atoms with van der Waals surface area (Å²) in [6, 6.07) is -0.807. The standard InChI is InChI=1S/C27H50N2O3/c1-2-3-4-5-6-7-8-9-10-11-12-13-14-15-16-17-18-19-20-23-26(30)29-25(27(31)32)22-21-24-28/h6-7,9-10,25H,2-5,8,11-24,28H2,1H3,(H,29,30)(H,31,32)/b7-6-,10-9-/t25-/m0/s1. The number of carbonyl (C=O) groups is 2. The van der Waals surface area contributed by atoms with Gasteiger partial charge in [0.15, 0.2) is 0 Å². The highest BCUT2D eigenvalue weighted by molar-refractivity contribution is 5.83. The van der Waals surface area contributed by atoms with Crippen LogP contribution in [-0.2, 0) is 9.59 Å². The lowest BCUT2D eigenvalue weighted by molar-refractivity contribution is -0.142. The first-order chi connectivity index (χ1) is 15.6. The number of allylic oxidation sites excluding steroid dienone is 4. The number of nitrogens with two attached hydrogens (primary N) is 1. The van der Waals surface area contributed by atoms with Crippen molar-refractivity contribution in [1.29, 1.82) is 0 Å². The Kier molecular flexibility index (Phi) is 22.8. The number of carbonyl (C=O) groups excluding carboxylic acids is 1. The third kappa shape index (κ3) is 21.6. The molecule has 0 fully saturated rings. The second-order valence-corrected chi connectivity index (χ2v) is 8.78. The molecule has 1 atom stereocenters. The van der Waals surface area contributed by atoms with E-state index >= 15 is 0 Å². The number of amides is 1. The molecule has 0 aliphatic carbocycles. The summed E-state index contributed by atoms with van der Waals surface area (Å²) in [5.74, 6) is -1.14. The second kappa shape index (κ2) is 24.0. The molecule has 0 bridgehead atoms. The summed E-state index contributed by atoms with van der Waals surface area (Å²) in [4.78, 5) is 23.0. The minimum atomic E-state index is -0.979. The summed E-state index contributed by atoms with van der Waals surface area (Å²) < 4.78 is 0. The average Bonchev–Trinajstić information content (AvgIpc) is 2.78. The molecular formula is C27H50N2O3. The molecule has 0 radical (unpaired) electrons. The van der Waals surface area contributed by atoms with Gasteiger partial charge in [-0.3, -0.25) is 4.79 Å². The SMILES string of the molecule is CCCCC/C=C\C/C=C\CCCCCCCCCCCC(=O)N[C@@H](CCCN)C(=O)O. The van der Waals surface area contributed by atoms with Crippen LogP contribution >= 0.6 is 0 Å². The minimum absolute atomic E-state index is 0.161. The maximum Gasteiger partial charge on any atom is 0.326 e. The van der Waals surface area contributed by atoms with Crippen LogP contribution in [0.1, 0.15) is 122 Å². The summed E-state index contributed by atoms with van der Waals surface area (Å²) in [5, 5.41) is 11.7. The van der Waals surface area contributed by atoms with Crippen LogP contribution in [0.4, 0.5) is 0 Å². The molecule has 5 nitrogen and oxygen atoms in total. The highest BCUT2D eigenvalue weighted by Crippen LogP contribution is 2.12. The third-order valence-electron chi connectivity index (χ3n) is 5.68. The number of rotatable bonds is 23. The van der Waals surface area contributed by atoms with E-state index in [2.05, 4.69) is 36.5 Å². The Morgan fingerprint density at radius 3 is 1.84 bits per heavy atom. The molecule has 32 heavy (non-hydrogen) atoms. The lowest BCUT2D eigenvalue weighted by atomic mass is 10.1. The second-order valence-electron chi connectivity index (χ2n) is 8.78. The van der Waals surface area contributed by atoms with Crippen molar-refractivity contribution >= 4 is 11.9 Å². The average molecular weight is 451 g/mol. The summed E-state index contributed by atoms with van der Waals surface area (Å²) in [5.41, 5.74) is 5.41. The van der Waals surface area contributed by atoms with Gasteiger partial charge in [0, 0.05) is 6.42 Å². The van der Waals surface area contributed by atoms with Crippen LogP contribution in [0, 0.1) is 0 Å². The molecule has 0 aromatic heterocycles. The quantitative estimate of drug-likeness (QED) is 0.120. The Morgan fingerprint density at radius 1 is 0.781 bits per heavy atom. The number of hydrogen-bond donors (Lipinski definition) is 3. The zero-order chi connectivity index (χ0) is 23.7. The maximum absolute atomic E-state index is 11.9. The van der Waals surface area contributed by atoms with Gasteiger partial charge in [-0.15, -0.1) is 0 Å². The molecule has 5 heteroatoms. The summed E-state index contributed by atoms with van der Waals surface area (Å²) in [6.45, 7) is 2.68. The number of carboxylic acid groups (broad SMARTS) is 1. The maximum atomic E-state index is 11.9. The molecule has 0 spiro atoms. The fourth-order valence-corrected chi connectivity index (χ4v) is 3.65. The Hall–Kier alpha value is -1.62. The van der Waals surface area contributed by atoms with E-state index in [-0.39, 0.29) is 5.91 Å². The fraction of sp³-hybridized carbons (Fsp3) is 0.778. The zero-order valence-electron chi connectivity index (χ0n) is 20.7. The van der Waals surface area contributed by atoms with Gasteiger partial charge < -0.3 is 16.2 Å². The number of nitrogens with one attached hydrogen (secondary N) is 1. The van der Waals surface area contributed by atoms with Crippen LogP contribution in [-0.4, -0.2) is 29.6 Å². The van der Waals surface area contributed by atoms with Gasteiger partial charge in [-0.25, -0.2) is 4.79 Å². The molecule has 0 rings (SSSR count). The Balaban J connectivity index is 3.42. The van der Waals surface area contributed by atoms with E-state index in [4.69, 9.17) is 10.8 Å². The number of unbranched alkanes of at least 4 members (excludes halogenated alkanes) is 12. The molecule has 0 aliphatic rings. The van der Waals surface area contributed by atoms with Crippen LogP contribution in [0.3, 0.4) is 0 Å². The molecule has 0 saturated heterocycles. The van der Waals surface area contributed by atoms with Crippen molar-refractivity contribution in [2.45, 2.75) is 129 Å². The van der Waals surface area contributed by atoms with Gasteiger partial charge in [0.2, 0.25) is 5.91 Å². The molecule has 4 N–H and O–H groups in total. The van der Waals surface area contributed by atoms with E-state index in [0.717, 1.165) is 25.7 Å². The molecule has 186 valence electrons. The van der Waals surface area contributed by atoms with Crippen molar-refractivity contribution in [3.05, 3.63) is 24.3 Å². The summed E-state index contributed by atoms with van der Waals surface area (Å²) >= 11 is 0. The third-order valence-corrected chi connectivity index (χ3v) is 5.68. The molecule has 0 aliphatic heterocycles. The Morgan fingerprint density at radius 2 is 1.31 bits per heavy atom. The van der Waals surface area contributed by atoms with Crippen molar-refractivity contribution in [1.82, 2.24) is 5.32 Å². The summed E-state index contributed by atoms with van der Waals surface area (Å²) in [6.07, 6.45) is 28.8. The highest BCUT2D eigenvalue weighted by atomic mass is 16.4. The fourth-order valence-electron chi connectivity index (χ4n) is 3.65. The zero-order valence-corrected chi connectivity index (χ0v) is 20.7. The van der Waals surface area contributed by atoms with E-state index in [1.807, 2.05) is 0 Å². The smallest absolute Gasteiger partial charge is 0.326 e. The Bertz CT molecular complexity index is 503. The van der Waals surface area contributed by atoms with E-state index in [9.17, 15) is 9.59 Å². The van der Waals surface area contributed by atoms with Gasteiger partial charge in [-0.05, 0) is 57.9 Å². The van der Waals surface area contributed by atoms with E-state index in [1.54, 1.807) is 0 Å². The highest BCUT2D eigenvalue weighted by Gasteiger charge is 2.18. The predicted octanol–water partition coefficient (Wildman–Crippen LogP) is 6.67. The van der Waals surface area contributed by atoms with Gasteiger partial charge in [0.05, 0.1) is 0 Å². The van der Waals surface area contributed by atoms with E-state index in [1.165, 1.54) is 70.6 Å². The largest absolute Gasteiger partial charge is 0.480 e. The van der Waals surface area contributed by atoms with E-state index < -0.39 is 12.0 Å². The van der Waals surface area contributed by atoms with Crippen molar-refractivity contribution in [3.63, 3.8) is 0 Å². The number of carboxylic acids is 1. The summed E-state index contributed by atoms with van der Waals surface area (Å²) in [7, 11) is 0. The van der Waals surface area contributed by atoms with Crippen molar-refractivity contribution < 1.29 is 14.7 Å². The molecule has 0 saturated carbocycles. The number of aliphatic carboxylic acids is 1. The first-order valence-corrected chi connectivity index (χ1v) is 13.1. The van der Waals surface area contributed by atoms with Crippen LogP contribution in [0.15, 0.2) is 24.3 Å². The monoisotopic (exact) mass is 450 g/mol. The van der Waals surface area contributed by atoms with Crippen molar-refractivity contribution in [2.75, 3.05) is 6.54 Å². The van der Waals surface area contributed by atoms with Crippen LogP contribution in [0.25, 0.3) is 0 Å². The predicted molar refractivity (Wildman–Crippen MR) is 136 cm³/mol. The first kappa shape index (κ1) is 30.4. The van der Waals surface area contributed by atoms with Gasteiger partial charge >= 0.3 is 5.97 Å². The lowest BCUT2D eigenvalue weighted by Gasteiger charge is -2.13. The minimum Gasteiger partial charge on any atom is -0.480 e. The molecule has 0 aromatic rings. The van der Waals surface area contributed by atoms with Gasteiger partial charge in [0.1, 0.15) is 6.04 Å². The Labute approximate surface area is 197 Å². The van der Waals surface area contributed by atoms with Gasteiger partial charge in [-0.2, -0.15) is 0 Å². The number of hydrogen-bond acceptors (Lipinski definition) is 3. The van der Waals surface area contributed by atoms with Gasteiger partial charge in [-0.1, -0.05) is 89.0 Å². The van der Waals surface area contributed by atoms with Crippen LogP contribution in [0.5, 0.6) is 0 Å². The first-order valence-electron chi connectivity index (χ1n) is 13.1. The molecule has 0 heterocycles. The normalized spacial score (nSPS) is 12.6. The molecule has 0 aromatic carbocycles. The lowest BCUT2D eigenvalue weighted by Crippen LogP contribution is -2.40. The topological polar surface area (TPSA) is 92.4 Å². The van der Waals surface area contributed by atoms with Crippen molar-refractivity contribution in [3.8, 4) is 0 Å². The van der Waals surface area contributed by atoms with Crippen LogP contribution < -0.4 is 11.1 Å². The van der Waals surface area contributed by atoms with Crippen molar-refractivity contribution in [2.24, 2.45) is 5.73 Å².